The highest BCUT2D eigenvalue weighted by molar-refractivity contribution is 9.10. The van der Waals surface area contributed by atoms with E-state index in [0.717, 1.165) is 41.0 Å². The van der Waals surface area contributed by atoms with Crippen LogP contribution in [0.15, 0.2) is 10.5 Å². The minimum Gasteiger partial charge on any atom is -0.389 e. The van der Waals surface area contributed by atoms with Crippen LogP contribution in [0.3, 0.4) is 0 Å². The molecule has 0 amide bonds. The van der Waals surface area contributed by atoms with Gasteiger partial charge in [-0.15, -0.1) is 11.3 Å². The van der Waals surface area contributed by atoms with Crippen molar-refractivity contribution in [3.8, 4) is 0 Å². The second kappa shape index (κ2) is 6.02. The Bertz CT molecular complexity index is 357. The molecule has 2 rings (SSSR count). The SMILES string of the molecule is OC1(CNCc2cc(Br)c(Cl)s2)CCCCC1. The highest BCUT2D eigenvalue weighted by Gasteiger charge is 2.28. The average Bonchev–Trinajstić information content (AvgIpc) is 2.59. The molecule has 2 nitrogen and oxygen atoms in total. The maximum Gasteiger partial charge on any atom is 0.107 e. The Morgan fingerprint density at radius 2 is 2.12 bits per heavy atom. The molecule has 0 saturated heterocycles. The molecule has 0 aromatic carbocycles. The zero-order valence-electron chi connectivity index (χ0n) is 9.64. The second-order valence-corrected chi connectivity index (χ2v) is 7.32. The van der Waals surface area contributed by atoms with E-state index in [-0.39, 0.29) is 0 Å². The largest absolute Gasteiger partial charge is 0.389 e. The fourth-order valence-electron chi connectivity index (χ4n) is 2.28. The quantitative estimate of drug-likeness (QED) is 0.871. The lowest BCUT2D eigenvalue weighted by atomic mass is 9.85. The molecule has 1 heterocycles. The monoisotopic (exact) mass is 337 g/mol. The van der Waals surface area contributed by atoms with E-state index >= 15 is 0 Å². The number of nitrogens with one attached hydrogen (secondary N) is 1. The molecule has 1 aliphatic rings. The first-order valence-electron chi connectivity index (χ1n) is 5.96. The summed E-state index contributed by atoms with van der Waals surface area (Å²) in [6.07, 6.45) is 5.41. The summed E-state index contributed by atoms with van der Waals surface area (Å²) in [7, 11) is 0. The van der Waals surface area contributed by atoms with E-state index in [2.05, 4.69) is 21.2 Å². The van der Waals surface area contributed by atoms with Gasteiger partial charge in [-0.25, -0.2) is 0 Å². The van der Waals surface area contributed by atoms with Gasteiger partial charge < -0.3 is 10.4 Å². The molecule has 5 heteroatoms. The summed E-state index contributed by atoms with van der Waals surface area (Å²) >= 11 is 10.9. The molecule has 0 spiro atoms. The third kappa shape index (κ3) is 3.93. The molecule has 0 radical (unpaired) electrons. The van der Waals surface area contributed by atoms with Crippen LogP contribution in [-0.2, 0) is 6.54 Å². The van der Waals surface area contributed by atoms with Crippen LogP contribution in [0.1, 0.15) is 37.0 Å². The lowest BCUT2D eigenvalue weighted by Crippen LogP contribution is -2.41. The molecule has 1 aromatic rings. The average molecular weight is 339 g/mol. The first-order valence-corrected chi connectivity index (χ1v) is 7.95. The van der Waals surface area contributed by atoms with Crippen LogP contribution in [0, 0.1) is 0 Å². The zero-order valence-corrected chi connectivity index (χ0v) is 12.8. The molecule has 17 heavy (non-hydrogen) atoms. The van der Waals surface area contributed by atoms with Crippen molar-refractivity contribution in [2.45, 2.75) is 44.2 Å². The van der Waals surface area contributed by atoms with Crippen molar-refractivity contribution in [3.05, 3.63) is 19.8 Å². The van der Waals surface area contributed by atoms with Gasteiger partial charge in [0.15, 0.2) is 0 Å². The molecule has 0 aliphatic heterocycles. The van der Waals surface area contributed by atoms with Crippen LogP contribution in [0.5, 0.6) is 0 Å². The van der Waals surface area contributed by atoms with E-state index in [1.54, 1.807) is 11.3 Å². The summed E-state index contributed by atoms with van der Waals surface area (Å²) in [6, 6.07) is 2.03. The Kier molecular flexibility index (Phi) is 4.89. The van der Waals surface area contributed by atoms with Gasteiger partial charge in [0.25, 0.3) is 0 Å². The zero-order chi connectivity index (χ0) is 12.3. The summed E-state index contributed by atoms with van der Waals surface area (Å²) < 4.78 is 1.75. The molecule has 0 bridgehead atoms. The molecule has 0 unspecified atom stereocenters. The molecule has 1 saturated carbocycles. The van der Waals surface area contributed by atoms with E-state index in [1.165, 1.54) is 11.3 Å². The van der Waals surface area contributed by atoms with Gasteiger partial charge in [-0.05, 0) is 34.8 Å². The number of thiophene rings is 1. The normalized spacial score (nSPS) is 19.5. The van der Waals surface area contributed by atoms with Gasteiger partial charge in [0.1, 0.15) is 4.34 Å². The van der Waals surface area contributed by atoms with Gasteiger partial charge in [0, 0.05) is 22.4 Å². The van der Waals surface area contributed by atoms with Crippen molar-refractivity contribution in [1.82, 2.24) is 5.32 Å². The summed E-state index contributed by atoms with van der Waals surface area (Å²) in [5, 5.41) is 13.6. The first-order chi connectivity index (χ1) is 8.09. The van der Waals surface area contributed by atoms with E-state index in [1.807, 2.05) is 6.07 Å². The lowest BCUT2D eigenvalue weighted by molar-refractivity contribution is 0.00472. The summed E-state index contributed by atoms with van der Waals surface area (Å²) in [6.45, 7) is 1.46. The van der Waals surface area contributed by atoms with Crippen LogP contribution in [-0.4, -0.2) is 17.3 Å². The number of halogens is 2. The molecule has 1 aliphatic carbocycles. The first kappa shape index (κ1) is 13.8. The van der Waals surface area contributed by atoms with Gasteiger partial charge in [-0.2, -0.15) is 0 Å². The Morgan fingerprint density at radius 3 is 2.71 bits per heavy atom. The van der Waals surface area contributed by atoms with E-state index in [4.69, 9.17) is 11.6 Å². The maximum atomic E-state index is 10.3. The van der Waals surface area contributed by atoms with Crippen molar-refractivity contribution >= 4 is 38.9 Å². The Morgan fingerprint density at radius 1 is 1.41 bits per heavy atom. The van der Waals surface area contributed by atoms with Crippen LogP contribution >= 0.6 is 38.9 Å². The van der Waals surface area contributed by atoms with Gasteiger partial charge in [-0.3, -0.25) is 0 Å². The van der Waals surface area contributed by atoms with Crippen LogP contribution in [0.25, 0.3) is 0 Å². The van der Waals surface area contributed by atoms with Gasteiger partial charge in [0.2, 0.25) is 0 Å². The van der Waals surface area contributed by atoms with Crippen molar-refractivity contribution in [2.75, 3.05) is 6.54 Å². The molecule has 2 N–H and O–H groups in total. The maximum absolute atomic E-state index is 10.3. The molecule has 1 fully saturated rings. The van der Waals surface area contributed by atoms with Gasteiger partial charge >= 0.3 is 0 Å². The van der Waals surface area contributed by atoms with E-state index in [9.17, 15) is 5.11 Å². The Hall–Kier alpha value is 0.390. The predicted octanol–water partition coefficient (Wildman–Crippen LogP) is 3.95. The standard InChI is InChI=1S/C12H17BrClNOS/c13-10-6-9(17-11(10)14)7-15-8-12(16)4-2-1-3-5-12/h6,15-16H,1-5,7-8H2. The Balaban J connectivity index is 1.78. The highest BCUT2D eigenvalue weighted by atomic mass is 79.9. The Labute approximate surface area is 120 Å². The smallest absolute Gasteiger partial charge is 0.107 e. The molecule has 1 aromatic heterocycles. The minimum atomic E-state index is -0.490. The highest BCUT2D eigenvalue weighted by Crippen LogP contribution is 2.32. The van der Waals surface area contributed by atoms with Gasteiger partial charge in [0.05, 0.1) is 5.60 Å². The van der Waals surface area contributed by atoms with E-state index < -0.39 is 5.60 Å². The number of hydrogen-bond donors (Lipinski definition) is 2. The number of hydrogen-bond acceptors (Lipinski definition) is 3. The van der Waals surface area contributed by atoms with Gasteiger partial charge in [-0.1, -0.05) is 30.9 Å². The topological polar surface area (TPSA) is 32.3 Å². The second-order valence-electron chi connectivity index (χ2n) is 4.72. The number of aliphatic hydroxyl groups is 1. The van der Waals surface area contributed by atoms with Crippen molar-refractivity contribution < 1.29 is 5.11 Å². The predicted molar refractivity (Wildman–Crippen MR) is 76.8 cm³/mol. The molecule has 96 valence electrons. The summed E-state index contributed by atoms with van der Waals surface area (Å²) in [4.78, 5) is 1.20. The summed E-state index contributed by atoms with van der Waals surface area (Å²) in [5.41, 5.74) is -0.490. The van der Waals surface area contributed by atoms with Crippen molar-refractivity contribution in [2.24, 2.45) is 0 Å². The van der Waals surface area contributed by atoms with Crippen LogP contribution in [0.2, 0.25) is 4.34 Å². The molecular formula is C12H17BrClNOS. The van der Waals surface area contributed by atoms with Crippen LogP contribution in [0.4, 0.5) is 0 Å². The van der Waals surface area contributed by atoms with E-state index in [0.29, 0.717) is 6.54 Å². The minimum absolute atomic E-state index is 0.490. The lowest BCUT2D eigenvalue weighted by Gasteiger charge is -2.32. The third-order valence-corrected chi connectivity index (χ3v) is 5.71. The molecule has 0 atom stereocenters. The van der Waals surface area contributed by atoms with Crippen molar-refractivity contribution in [1.29, 1.82) is 0 Å². The fourth-order valence-corrected chi connectivity index (χ4v) is 4.04. The molecular weight excluding hydrogens is 322 g/mol. The van der Waals surface area contributed by atoms with Crippen molar-refractivity contribution in [3.63, 3.8) is 0 Å². The van der Waals surface area contributed by atoms with Crippen LogP contribution < -0.4 is 5.32 Å². The number of rotatable bonds is 4. The third-order valence-electron chi connectivity index (χ3n) is 3.23. The fraction of sp³-hybridized carbons (Fsp3) is 0.667. The summed E-state index contributed by atoms with van der Waals surface area (Å²) in [5.74, 6) is 0.